The summed E-state index contributed by atoms with van der Waals surface area (Å²) in [5.41, 5.74) is 2.69. The van der Waals surface area contributed by atoms with Crippen molar-refractivity contribution in [3.8, 4) is 0 Å². The third-order valence-corrected chi connectivity index (χ3v) is 3.83. The van der Waals surface area contributed by atoms with E-state index in [1.54, 1.807) is 28.2 Å². The number of hydrogen-bond acceptors (Lipinski definition) is 5. The van der Waals surface area contributed by atoms with E-state index in [2.05, 4.69) is 15.3 Å². The second kappa shape index (κ2) is 5.01. The molecule has 0 aliphatic heterocycles. The third-order valence-electron chi connectivity index (χ3n) is 3.01. The Labute approximate surface area is 118 Å². The van der Waals surface area contributed by atoms with Gasteiger partial charge in [-0.2, -0.15) is 0 Å². The van der Waals surface area contributed by atoms with Gasteiger partial charge in [0, 0.05) is 18.3 Å². The maximum atomic E-state index is 11.0. The molecule has 6 nitrogen and oxygen atoms in total. The number of carboxylic acids is 1. The van der Waals surface area contributed by atoms with Crippen LogP contribution in [0.25, 0.3) is 11.0 Å². The lowest BCUT2D eigenvalue weighted by atomic mass is 10.2. The van der Waals surface area contributed by atoms with Crippen molar-refractivity contribution in [3.63, 3.8) is 0 Å². The van der Waals surface area contributed by atoms with E-state index in [-0.39, 0.29) is 5.56 Å². The molecule has 0 fully saturated rings. The maximum Gasteiger partial charge on any atom is 0.335 e. The Hall–Kier alpha value is -2.28. The van der Waals surface area contributed by atoms with Gasteiger partial charge in [-0.05, 0) is 25.1 Å². The highest BCUT2D eigenvalue weighted by molar-refractivity contribution is 7.09. The molecule has 0 amide bonds. The van der Waals surface area contributed by atoms with Gasteiger partial charge in [-0.15, -0.1) is 16.4 Å². The molecule has 2 heterocycles. The lowest BCUT2D eigenvalue weighted by molar-refractivity contribution is 0.0697. The summed E-state index contributed by atoms with van der Waals surface area (Å²) in [6, 6.07) is 4.81. The highest BCUT2D eigenvalue weighted by Crippen LogP contribution is 2.15. The summed E-state index contributed by atoms with van der Waals surface area (Å²) < 4.78 is 1.72. The van der Waals surface area contributed by atoms with E-state index in [1.165, 1.54) is 6.07 Å². The topological polar surface area (TPSA) is 80.9 Å². The third kappa shape index (κ3) is 2.39. The number of thiazole rings is 1. The molecular formula is C13H12N4O2S. The van der Waals surface area contributed by atoms with Crippen LogP contribution < -0.4 is 0 Å². The van der Waals surface area contributed by atoms with Crippen LogP contribution >= 0.6 is 11.3 Å². The van der Waals surface area contributed by atoms with Crippen molar-refractivity contribution in [2.24, 2.45) is 0 Å². The summed E-state index contributed by atoms with van der Waals surface area (Å²) >= 11 is 1.62. The quantitative estimate of drug-likeness (QED) is 0.795. The molecule has 1 aromatic carbocycles. The van der Waals surface area contributed by atoms with E-state index in [4.69, 9.17) is 5.11 Å². The Balaban J connectivity index is 1.87. The summed E-state index contributed by atoms with van der Waals surface area (Å²) in [7, 11) is 0. The minimum Gasteiger partial charge on any atom is -0.478 e. The lowest BCUT2D eigenvalue weighted by Gasteiger charge is -2.01. The van der Waals surface area contributed by atoms with E-state index in [0.29, 0.717) is 12.1 Å². The molecule has 3 rings (SSSR count). The van der Waals surface area contributed by atoms with Crippen LogP contribution in [0.5, 0.6) is 0 Å². The van der Waals surface area contributed by atoms with Gasteiger partial charge in [-0.25, -0.2) is 14.5 Å². The highest BCUT2D eigenvalue weighted by atomic mass is 32.1. The average Bonchev–Trinajstić information content (AvgIpc) is 3.02. The highest BCUT2D eigenvalue weighted by Gasteiger charge is 2.09. The molecule has 1 N–H and O–H groups in total. The van der Waals surface area contributed by atoms with Crippen LogP contribution in [0.2, 0.25) is 0 Å². The first-order chi connectivity index (χ1) is 9.63. The van der Waals surface area contributed by atoms with Crippen molar-refractivity contribution in [2.75, 3.05) is 0 Å². The minimum absolute atomic E-state index is 0.241. The van der Waals surface area contributed by atoms with Gasteiger partial charge in [-0.1, -0.05) is 5.21 Å². The van der Waals surface area contributed by atoms with Gasteiger partial charge in [0.15, 0.2) is 0 Å². The monoisotopic (exact) mass is 288 g/mol. The number of aromatic carboxylic acids is 1. The fraction of sp³-hybridized carbons (Fsp3) is 0.231. The number of carboxylic acid groups (broad SMARTS) is 1. The molecular weight excluding hydrogens is 276 g/mol. The van der Waals surface area contributed by atoms with Gasteiger partial charge in [0.2, 0.25) is 0 Å². The van der Waals surface area contributed by atoms with Gasteiger partial charge in [0.1, 0.15) is 5.52 Å². The van der Waals surface area contributed by atoms with E-state index in [9.17, 15) is 4.79 Å². The van der Waals surface area contributed by atoms with Crippen molar-refractivity contribution in [1.82, 2.24) is 20.0 Å². The van der Waals surface area contributed by atoms with Gasteiger partial charge < -0.3 is 5.11 Å². The Morgan fingerprint density at radius 3 is 3.00 bits per heavy atom. The first kappa shape index (κ1) is 12.7. The first-order valence-electron chi connectivity index (χ1n) is 6.11. The zero-order valence-electron chi connectivity index (χ0n) is 10.8. The zero-order valence-corrected chi connectivity index (χ0v) is 11.6. The zero-order chi connectivity index (χ0) is 14.1. The normalized spacial score (nSPS) is 11.1. The molecule has 0 unspecified atom stereocenters. The number of fused-ring (bicyclic) bond motifs is 1. The molecule has 0 aliphatic rings. The molecule has 102 valence electrons. The molecule has 0 spiro atoms. The van der Waals surface area contributed by atoms with Gasteiger partial charge in [0.25, 0.3) is 0 Å². The van der Waals surface area contributed by atoms with Crippen molar-refractivity contribution >= 4 is 28.3 Å². The predicted octanol–water partition coefficient (Wildman–Crippen LogP) is 2.14. The molecule has 0 saturated carbocycles. The van der Waals surface area contributed by atoms with Crippen LogP contribution in [0.4, 0.5) is 0 Å². The minimum atomic E-state index is -0.949. The molecule has 20 heavy (non-hydrogen) atoms. The first-order valence-corrected chi connectivity index (χ1v) is 6.99. The van der Waals surface area contributed by atoms with Crippen molar-refractivity contribution in [1.29, 1.82) is 0 Å². The molecule has 0 bridgehead atoms. The van der Waals surface area contributed by atoms with Crippen LogP contribution in [-0.2, 0) is 13.0 Å². The van der Waals surface area contributed by atoms with Gasteiger partial charge in [0.05, 0.1) is 21.8 Å². The molecule has 0 saturated heterocycles. The lowest BCUT2D eigenvalue weighted by Crippen LogP contribution is -2.04. The second-order valence-corrected chi connectivity index (χ2v) is 5.49. The number of benzene rings is 1. The summed E-state index contributed by atoms with van der Waals surface area (Å²) in [4.78, 5) is 15.4. The number of carbonyl (C=O) groups is 1. The summed E-state index contributed by atoms with van der Waals surface area (Å²) in [6.07, 6.45) is 0.750. The SMILES string of the molecule is Cc1nc(CCn2nnc3ccc(C(=O)O)cc32)cs1. The number of aryl methyl sites for hydroxylation is 3. The Kier molecular flexibility index (Phi) is 3.19. The Bertz CT molecular complexity index is 778. The van der Waals surface area contributed by atoms with Crippen LogP contribution in [0.1, 0.15) is 21.1 Å². The maximum absolute atomic E-state index is 11.0. The summed E-state index contributed by atoms with van der Waals surface area (Å²) in [5.74, 6) is -0.949. The van der Waals surface area contributed by atoms with Crippen LogP contribution in [0.3, 0.4) is 0 Å². The van der Waals surface area contributed by atoms with E-state index >= 15 is 0 Å². The average molecular weight is 288 g/mol. The summed E-state index contributed by atoms with van der Waals surface area (Å²) in [5, 5.41) is 20.2. The fourth-order valence-corrected chi connectivity index (χ4v) is 2.65. The molecule has 0 radical (unpaired) electrons. The molecule has 0 aliphatic carbocycles. The number of rotatable bonds is 4. The number of nitrogens with zero attached hydrogens (tertiary/aromatic N) is 4. The van der Waals surface area contributed by atoms with Crippen LogP contribution in [0, 0.1) is 6.92 Å². The van der Waals surface area contributed by atoms with E-state index in [1.807, 2.05) is 12.3 Å². The van der Waals surface area contributed by atoms with Crippen LogP contribution in [-0.4, -0.2) is 31.1 Å². The number of hydrogen-bond donors (Lipinski definition) is 1. The van der Waals surface area contributed by atoms with E-state index < -0.39 is 5.97 Å². The molecule has 3 aromatic rings. The largest absolute Gasteiger partial charge is 0.478 e. The van der Waals surface area contributed by atoms with E-state index in [0.717, 1.165) is 22.6 Å². The van der Waals surface area contributed by atoms with Gasteiger partial charge in [-0.3, -0.25) is 0 Å². The van der Waals surface area contributed by atoms with Crippen molar-refractivity contribution in [2.45, 2.75) is 19.9 Å². The molecule has 2 aromatic heterocycles. The standard InChI is InChI=1S/C13H12N4O2S/c1-8-14-10(7-20-8)4-5-17-12-6-9(13(18)19)2-3-11(12)15-16-17/h2-3,6-7H,4-5H2,1H3,(H,18,19). The number of aromatic nitrogens is 4. The van der Waals surface area contributed by atoms with Crippen molar-refractivity contribution in [3.05, 3.63) is 39.8 Å². The van der Waals surface area contributed by atoms with Crippen molar-refractivity contribution < 1.29 is 9.90 Å². The smallest absolute Gasteiger partial charge is 0.335 e. The van der Waals surface area contributed by atoms with Gasteiger partial charge >= 0.3 is 5.97 Å². The summed E-state index contributed by atoms with van der Waals surface area (Å²) in [6.45, 7) is 2.60. The Morgan fingerprint density at radius 2 is 2.30 bits per heavy atom. The fourth-order valence-electron chi connectivity index (χ4n) is 2.01. The molecule has 0 atom stereocenters. The predicted molar refractivity (Wildman–Crippen MR) is 75.0 cm³/mol. The van der Waals surface area contributed by atoms with Crippen LogP contribution in [0.15, 0.2) is 23.6 Å². The Morgan fingerprint density at radius 1 is 1.45 bits per heavy atom. The second-order valence-electron chi connectivity index (χ2n) is 4.43. The molecule has 7 heteroatoms.